The summed E-state index contributed by atoms with van der Waals surface area (Å²) in [4.78, 5) is 44.8. The third-order valence-electron chi connectivity index (χ3n) is 1.87. The molecule has 0 aliphatic rings. The Morgan fingerprint density at radius 1 is 1.29 bits per heavy atom. The Morgan fingerprint density at radius 3 is 2.12 bits per heavy atom. The summed E-state index contributed by atoms with van der Waals surface area (Å²) in [7, 11) is 0. The molecule has 0 radical (unpaired) electrons. The summed E-state index contributed by atoms with van der Waals surface area (Å²) in [6, 6.07) is -1.34. The molecule has 0 spiro atoms. The summed E-state index contributed by atoms with van der Waals surface area (Å²) in [5.74, 6) is -3.46. The molecule has 96 valence electrons. The van der Waals surface area contributed by atoms with Gasteiger partial charge in [0.25, 0.3) is 0 Å². The molecule has 2 N–H and O–H groups in total. The fourth-order valence-electron chi connectivity index (χ4n) is 1.12. The number of aliphatic carboxylic acids is 1. The predicted molar refractivity (Wildman–Crippen MR) is 61.5 cm³/mol. The SMILES string of the molecule is CC(=O)NCC(=O)N(C(C)=O)[C@@H](CS)C(=O)O. The first-order chi connectivity index (χ1) is 7.81. The zero-order chi connectivity index (χ0) is 13.6. The second-order valence-electron chi connectivity index (χ2n) is 3.23. The third-order valence-corrected chi connectivity index (χ3v) is 2.21. The topological polar surface area (TPSA) is 104 Å². The number of thiol groups is 1. The first kappa shape index (κ1) is 15.4. The van der Waals surface area contributed by atoms with Crippen LogP contribution in [0.3, 0.4) is 0 Å². The maximum Gasteiger partial charge on any atom is 0.327 e. The molecule has 0 fully saturated rings. The van der Waals surface area contributed by atoms with Crippen molar-refractivity contribution in [3.05, 3.63) is 0 Å². The summed E-state index contributed by atoms with van der Waals surface area (Å²) in [6.45, 7) is 1.86. The van der Waals surface area contributed by atoms with Gasteiger partial charge in [0.05, 0.1) is 6.54 Å². The van der Waals surface area contributed by atoms with Crippen molar-refractivity contribution in [1.82, 2.24) is 10.2 Å². The monoisotopic (exact) mass is 262 g/mol. The number of carboxylic acids is 1. The first-order valence-electron chi connectivity index (χ1n) is 4.72. The molecule has 0 aromatic heterocycles. The van der Waals surface area contributed by atoms with Crippen molar-refractivity contribution in [2.24, 2.45) is 0 Å². The Bertz CT molecular complexity index is 344. The number of nitrogens with zero attached hydrogens (tertiary/aromatic N) is 1. The number of carbonyl (C=O) groups is 4. The Balaban J connectivity index is 4.84. The molecule has 0 aromatic carbocycles. The van der Waals surface area contributed by atoms with Gasteiger partial charge in [-0.15, -0.1) is 0 Å². The highest BCUT2D eigenvalue weighted by molar-refractivity contribution is 7.80. The predicted octanol–water partition coefficient (Wildman–Crippen LogP) is -1.12. The lowest BCUT2D eigenvalue weighted by Gasteiger charge is -2.24. The molecule has 0 saturated carbocycles. The lowest BCUT2D eigenvalue weighted by molar-refractivity contribution is -0.156. The maximum atomic E-state index is 11.6. The molecule has 0 aliphatic heterocycles. The van der Waals surface area contributed by atoms with E-state index in [1.165, 1.54) is 6.92 Å². The molecule has 3 amide bonds. The van der Waals surface area contributed by atoms with Gasteiger partial charge in [-0.25, -0.2) is 4.79 Å². The van der Waals surface area contributed by atoms with Crippen LogP contribution in [0.4, 0.5) is 0 Å². The molecule has 7 nitrogen and oxygen atoms in total. The van der Waals surface area contributed by atoms with Crippen LogP contribution in [0.15, 0.2) is 0 Å². The number of hydrogen-bond acceptors (Lipinski definition) is 5. The average Bonchev–Trinajstić information content (AvgIpc) is 2.20. The van der Waals surface area contributed by atoms with Crippen molar-refractivity contribution < 1.29 is 24.3 Å². The van der Waals surface area contributed by atoms with Crippen molar-refractivity contribution >= 4 is 36.3 Å². The number of hydrogen-bond donors (Lipinski definition) is 3. The van der Waals surface area contributed by atoms with Crippen LogP contribution < -0.4 is 5.32 Å². The van der Waals surface area contributed by atoms with Crippen LogP contribution in [0.5, 0.6) is 0 Å². The molecule has 0 aromatic rings. The molecule has 17 heavy (non-hydrogen) atoms. The minimum absolute atomic E-state index is 0.194. The van der Waals surface area contributed by atoms with Crippen molar-refractivity contribution in [1.29, 1.82) is 0 Å². The number of imide groups is 1. The second kappa shape index (κ2) is 6.89. The fourth-order valence-corrected chi connectivity index (χ4v) is 1.44. The van der Waals surface area contributed by atoms with Gasteiger partial charge in [-0.2, -0.15) is 12.6 Å². The molecule has 8 heteroatoms. The molecule has 1 atom stereocenters. The van der Waals surface area contributed by atoms with E-state index < -0.39 is 36.3 Å². The number of rotatable bonds is 5. The van der Waals surface area contributed by atoms with Crippen LogP contribution in [0.25, 0.3) is 0 Å². The Labute approximate surface area is 104 Å². The maximum absolute atomic E-state index is 11.6. The van der Waals surface area contributed by atoms with E-state index in [0.29, 0.717) is 4.90 Å². The van der Waals surface area contributed by atoms with E-state index >= 15 is 0 Å². The van der Waals surface area contributed by atoms with Gasteiger partial charge in [0, 0.05) is 19.6 Å². The zero-order valence-electron chi connectivity index (χ0n) is 9.47. The Kier molecular flexibility index (Phi) is 6.26. The Morgan fingerprint density at radius 2 is 1.82 bits per heavy atom. The van der Waals surface area contributed by atoms with Gasteiger partial charge in [-0.3, -0.25) is 19.3 Å². The third kappa shape index (κ3) is 4.85. The smallest absolute Gasteiger partial charge is 0.327 e. The molecule has 0 bridgehead atoms. The van der Waals surface area contributed by atoms with E-state index in [-0.39, 0.29) is 5.75 Å². The molecular formula is C9H14N2O5S. The molecule has 0 heterocycles. The van der Waals surface area contributed by atoms with Crippen molar-refractivity contribution in [3.63, 3.8) is 0 Å². The van der Waals surface area contributed by atoms with Crippen molar-refractivity contribution in [2.75, 3.05) is 12.3 Å². The number of carboxylic acid groups (broad SMARTS) is 1. The van der Waals surface area contributed by atoms with Gasteiger partial charge in [-0.05, 0) is 0 Å². The van der Waals surface area contributed by atoms with E-state index in [1.807, 2.05) is 0 Å². The van der Waals surface area contributed by atoms with Crippen LogP contribution >= 0.6 is 12.6 Å². The Hall–Kier alpha value is -1.57. The van der Waals surface area contributed by atoms with Crippen LogP contribution in [0, 0.1) is 0 Å². The standard InChI is InChI=1S/C9H14N2O5S/c1-5(12)10-3-8(14)11(6(2)13)7(4-17)9(15)16/h7,17H,3-4H2,1-2H3,(H,10,12)(H,15,16)/t7-/m0/s1. The summed E-state index contributed by atoms with van der Waals surface area (Å²) in [5.41, 5.74) is 0. The molecule has 0 rings (SSSR count). The molecule has 0 aliphatic carbocycles. The molecule has 0 saturated heterocycles. The number of amides is 3. The van der Waals surface area contributed by atoms with Crippen LogP contribution in [-0.2, 0) is 19.2 Å². The lowest BCUT2D eigenvalue weighted by atomic mass is 10.2. The highest BCUT2D eigenvalue weighted by Gasteiger charge is 2.31. The van der Waals surface area contributed by atoms with E-state index in [9.17, 15) is 19.2 Å². The second-order valence-corrected chi connectivity index (χ2v) is 3.59. The highest BCUT2D eigenvalue weighted by Crippen LogP contribution is 2.04. The summed E-state index contributed by atoms with van der Waals surface area (Å²) in [6.07, 6.45) is 0. The van der Waals surface area contributed by atoms with Gasteiger partial charge in [0.1, 0.15) is 6.04 Å². The largest absolute Gasteiger partial charge is 0.480 e. The van der Waals surface area contributed by atoms with Crippen LogP contribution in [0.2, 0.25) is 0 Å². The van der Waals surface area contributed by atoms with Crippen molar-refractivity contribution in [3.8, 4) is 0 Å². The van der Waals surface area contributed by atoms with Gasteiger partial charge in [-0.1, -0.05) is 0 Å². The van der Waals surface area contributed by atoms with Crippen LogP contribution in [0.1, 0.15) is 13.8 Å². The summed E-state index contributed by atoms with van der Waals surface area (Å²) < 4.78 is 0. The zero-order valence-corrected chi connectivity index (χ0v) is 10.4. The number of nitrogens with one attached hydrogen (secondary N) is 1. The lowest BCUT2D eigenvalue weighted by Crippen LogP contribution is -2.51. The van der Waals surface area contributed by atoms with Crippen LogP contribution in [-0.4, -0.2) is 52.0 Å². The van der Waals surface area contributed by atoms with Gasteiger partial charge < -0.3 is 10.4 Å². The van der Waals surface area contributed by atoms with Gasteiger partial charge >= 0.3 is 5.97 Å². The van der Waals surface area contributed by atoms with Gasteiger partial charge in [0.15, 0.2) is 0 Å². The van der Waals surface area contributed by atoms with E-state index in [4.69, 9.17) is 5.11 Å². The van der Waals surface area contributed by atoms with Gasteiger partial charge in [0.2, 0.25) is 17.7 Å². The average molecular weight is 262 g/mol. The normalized spacial score (nSPS) is 11.5. The number of carbonyl (C=O) groups excluding carboxylic acids is 3. The molecule has 0 unspecified atom stereocenters. The van der Waals surface area contributed by atoms with E-state index in [1.54, 1.807) is 0 Å². The fraction of sp³-hybridized carbons (Fsp3) is 0.556. The summed E-state index contributed by atoms with van der Waals surface area (Å²) >= 11 is 3.78. The molecular weight excluding hydrogens is 248 g/mol. The minimum Gasteiger partial charge on any atom is -0.480 e. The minimum atomic E-state index is -1.34. The van der Waals surface area contributed by atoms with Crippen molar-refractivity contribution in [2.45, 2.75) is 19.9 Å². The quantitative estimate of drug-likeness (QED) is 0.544. The summed E-state index contributed by atoms with van der Waals surface area (Å²) in [5, 5.41) is 11.0. The first-order valence-corrected chi connectivity index (χ1v) is 5.35. The van der Waals surface area contributed by atoms with E-state index in [0.717, 1.165) is 6.92 Å². The van der Waals surface area contributed by atoms with E-state index in [2.05, 4.69) is 17.9 Å². The highest BCUT2D eigenvalue weighted by atomic mass is 32.1.